The summed E-state index contributed by atoms with van der Waals surface area (Å²) >= 11 is 0. The van der Waals surface area contributed by atoms with E-state index in [4.69, 9.17) is 4.74 Å². The lowest BCUT2D eigenvalue weighted by Crippen LogP contribution is -2.26. The van der Waals surface area contributed by atoms with Crippen LogP contribution in [0.1, 0.15) is 36.4 Å². The fraction of sp³-hybridized carbons (Fsp3) is 0.500. The van der Waals surface area contributed by atoms with Crippen LogP contribution in [0, 0.1) is 0 Å². The van der Waals surface area contributed by atoms with Crippen LogP contribution in [-0.2, 0) is 14.7 Å². The molecule has 0 spiro atoms. The van der Waals surface area contributed by atoms with E-state index >= 15 is 0 Å². The molecule has 3 atom stereocenters. The number of benzene rings is 1. The number of esters is 1. The van der Waals surface area contributed by atoms with E-state index in [-0.39, 0.29) is 18.4 Å². The molecular weight excluding hydrogens is 295 g/mol. The van der Waals surface area contributed by atoms with Gasteiger partial charge in [0.05, 0.1) is 13.5 Å². The molecule has 0 saturated heterocycles. The van der Waals surface area contributed by atoms with Gasteiger partial charge < -0.3 is 10.1 Å². The Morgan fingerprint density at radius 3 is 2.50 bits per heavy atom. The van der Waals surface area contributed by atoms with Crippen molar-refractivity contribution < 1.29 is 13.9 Å². The number of nitrogens with one attached hydrogen (secondary N) is 1. The summed E-state index contributed by atoms with van der Waals surface area (Å²) in [5.41, 5.74) is 1.55. The second-order valence-electron chi connectivity index (χ2n) is 5.16. The number of rotatable bonds is 6. The predicted molar refractivity (Wildman–Crippen MR) is 84.2 cm³/mol. The SMILES string of the molecule is COC(=O)CC(NC1CC1)c1ccc(C(F)(P)P)cc1. The number of hydrogen-bond donors (Lipinski definition) is 1. The van der Waals surface area contributed by atoms with Crippen molar-refractivity contribution in [1.29, 1.82) is 0 Å². The zero-order valence-corrected chi connectivity index (χ0v) is 13.7. The topological polar surface area (TPSA) is 38.3 Å². The number of carbonyl (C=O) groups is 1. The Bertz CT molecular complexity index is 469. The Labute approximate surface area is 123 Å². The van der Waals surface area contributed by atoms with Crippen LogP contribution in [0.25, 0.3) is 0 Å². The van der Waals surface area contributed by atoms with E-state index in [1.54, 1.807) is 12.1 Å². The van der Waals surface area contributed by atoms with Gasteiger partial charge in [-0.3, -0.25) is 4.79 Å². The number of carbonyl (C=O) groups excluding carboxylic acids is 1. The van der Waals surface area contributed by atoms with E-state index in [0.717, 1.165) is 18.4 Å². The average molecular weight is 315 g/mol. The first kappa shape index (κ1) is 15.8. The van der Waals surface area contributed by atoms with Crippen LogP contribution < -0.4 is 5.32 Å². The molecule has 0 aromatic heterocycles. The highest BCUT2D eigenvalue weighted by Gasteiger charge is 2.27. The van der Waals surface area contributed by atoms with Gasteiger partial charge in [-0.05, 0) is 24.0 Å². The molecule has 2 rings (SSSR count). The fourth-order valence-corrected chi connectivity index (χ4v) is 2.41. The minimum Gasteiger partial charge on any atom is -0.469 e. The second-order valence-corrected chi connectivity index (χ2v) is 7.51. The lowest BCUT2D eigenvalue weighted by atomic mass is 10.0. The molecule has 0 bridgehead atoms. The first-order valence-electron chi connectivity index (χ1n) is 6.60. The molecule has 1 N–H and O–H groups in total. The predicted octanol–water partition coefficient (Wildman–Crippen LogP) is 2.87. The first-order chi connectivity index (χ1) is 9.40. The van der Waals surface area contributed by atoms with E-state index in [1.807, 2.05) is 12.1 Å². The van der Waals surface area contributed by atoms with Gasteiger partial charge in [0.2, 0.25) is 0 Å². The Morgan fingerprint density at radius 2 is 2.05 bits per heavy atom. The van der Waals surface area contributed by atoms with Crippen molar-refractivity contribution in [2.45, 2.75) is 36.5 Å². The summed E-state index contributed by atoms with van der Waals surface area (Å²) in [6.07, 6.45) is 2.57. The maximum Gasteiger partial charge on any atom is 0.307 e. The first-order valence-corrected chi connectivity index (χ1v) is 7.75. The van der Waals surface area contributed by atoms with Crippen molar-refractivity contribution >= 4 is 24.4 Å². The van der Waals surface area contributed by atoms with Crippen molar-refractivity contribution in [3.8, 4) is 0 Å². The minimum atomic E-state index is -1.51. The van der Waals surface area contributed by atoms with Crippen LogP contribution in [0.15, 0.2) is 24.3 Å². The highest BCUT2D eigenvalue weighted by Crippen LogP contribution is 2.40. The molecule has 0 amide bonds. The summed E-state index contributed by atoms with van der Waals surface area (Å²) in [6.45, 7) is 0. The van der Waals surface area contributed by atoms with Crippen molar-refractivity contribution in [3.05, 3.63) is 35.4 Å². The van der Waals surface area contributed by atoms with Gasteiger partial charge in [-0.1, -0.05) is 42.7 Å². The maximum atomic E-state index is 13.8. The fourth-order valence-electron chi connectivity index (χ4n) is 2.03. The molecule has 1 aliphatic carbocycles. The minimum absolute atomic E-state index is 0.0768. The molecule has 20 heavy (non-hydrogen) atoms. The molecule has 1 aromatic rings. The van der Waals surface area contributed by atoms with Gasteiger partial charge >= 0.3 is 5.97 Å². The van der Waals surface area contributed by atoms with Gasteiger partial charge in [0, 0.05) is 12.1 Å². The molecule has 0 radical (unpaired) electrons. The van der Waals surface area contributed by atoms with E-state index in [0.29, 0.717) is 11.6 Å². The lowest BCUT2D eigenvalue weighted by Gasteiger charge is -2.20. The van der Waals surface area contributed by atoms with Gasteiger partial charge in [-0.2, -0.15) is 0 Å². The summed E-state index contributed by atoms with van der Waals surface area (Å²) in [6, 6.07) is 7.62. The van der Waals surface area contributed by atoms with Crippen LogP contribution in [0.4, 0.5) is 4.39 Å². The van der Waals surface area contributed by atoms with Gasteiger partial charge in [-0.15, -0.1) is 0 Å². The third-order valence-electron chi connectivity index (χ3n) is 3.37. The number of hydrogen-bond acceptors (Lipinski definition) is 3. The lowest BCUT2D eigenvalue weighted by molar-refractivity contribution is -0.141. The molecule has 3 unspecified atom stereocenters. The smallest absolute Gasteiger partial charge is 0.307 e. The second kappa shape index (κ2) is 6.47. The zero-order chi connectivity index (χ0) is 14.8. The monoisotopic (exact) mass is 315 g/mol. The molecule has 0 aliphatic heterocycles. The number of methoxy groups -OCH3 is 1. The molecule has 1 aliphatic rings. The summed E-state index contributed by atoms with van der Waals surface area (Å²) < 4.78 is 18.5. The van der Waals surface area contributed by atoms with Crippen molar-refractivity contribution in [3.63, 3.8) is 0 Å². The van der Waals surface area contributed by atoms with Gasteiger partial charge in [0.1, 0.15) is 0 Å². The third-order valence-corrected chi connectivity index (χ3v) is 4.03. The van der Waals surface area contributed by atoms with Crippen molar-refractivity contribution in [2.75, 3.05) is 7.11 Å². The van der Waals surface area contributed by atoms with Gasteiger partial charge in [0.15, 0.2) is 5.15 Å². The molecule has 3 nitrogen and oxygen atoms in total. The normalized spacial score (nSPS) is 16.8. The van der Waals surface area contributed by atoms with Crippen LogP contribution in [-0.4, -0.2) is 19.1 Å². The average Bonchev–Trinajstić information content (AvgIpc) is 3.21. The van der Waals surface area contributed by atoms with Crippen LogP contribution in [0.5, 0.6) is 0 Å². The summed E-state index contributed by atoms with van der Waals surface area (Å²) in [5.74, 6) is -0.246. The molecule has 6 heteroatoms. The van der Waals surface area contributed by atoms with E-state index < -0.39 is 5.15 Å². The van der Waals surface area contributed by atoms with Crippen molar-refractivity contribution in [2.24, 2.45) is 0 Å². The molecule has 1 saturated carbocycles. The molecule has 1 aromatic carbocycles. The Kier molecular flexibility index (Phi) is 5.12. The molecule has 1 fully saturated rings. The zero-order valence-electron chi connectivity index (χ0n) is 11.4. The van der Waals surface area contributed by atoms with Crippen LogP contribution in [0.2, 0.25) is 0 Å². The van der Waals surface area contributed by atoms with Gasteiger partial charge in [-0.25, -0.2) is 4.39 Å². The quantitative estimate of drug-likeness (QED) is 0.648. The number of halogens is 1. The van der Waals surface area contributed by atoms with Crippen molar-refractivity contribution in [1.82, 2.24) is 5.32 Å². The standard InChI is InChI=1S/C14H20FNO2P2/c1-18-13(17)8-12(16-11-6-7-11)9-2-4-10(5-3-9)14(15,19)20/h2-5,11-12,16H,6-8,19-20H2,1H3. The van der Waals surface area contributed by atoms with Crippen LogP contribution in [0.3, 0.4) is 0 Å². The summed E-state index contributed by atoms with van der Waals surface area (Å²) in [7, 11) is 5.68. The molecule has 110 valence electrons. The Hall–Kier alpha value is -0.560. The van der Waals surface area contributed by atoms with Gasteiger partial charge in [0.25, 0.3) is 0 Å². The molecule has 0 heterocycles. The number of alkyl halides is 1. The third kappa shape index (κ3) is 4.48. The summed E-state index contributed by atoms with van der Waals surface area (Å²) in [4.78, 5) is 11.5. The number of ether oxygens (including phenoxy) is 1. The van der Waals surface area contributed by atoms with E-state index in [9.17, 15) is 9.18 Å². The summed E-state index contributed by atoms with van der Waals surface area (Å²) in [5, 5.41) is 1.91. The van der Waals surface area contributed by atoms with E-state index in [2.05, 4.69) is 23.8 Å². The maximum absolute atomic E-state index is 13.8. The van der Waals surface area contributed by atoms with E-state index in [1.165, 1.54) is 7.11 Å². The highest BCUT2D eigenvalue weighted by atomic mass is 31.1. The molecular formula is C14H20FNO2P2. The highest BCUT2D eigenvalue weighted by molar-refractivity contribution is 7.38. The Morgan fingerprint density at radius 1 is 1.45 bits per heavy atom. The van der Waals surface area contributed by atoms with Crippen LogP contribution >= 0.6 is 18.5 Å². The Balaban J connectivity index is 2.12. The largest absolute Gasteiger partial charge is 0.469 e.